The van der Waals surface area contributed by atoms with Crippen molar-refractivity contribution < 1.29 is 9.53 Å². The second-order valence-electron chi connectivity index (χ2n) is 6.64. The fourth-order valence-electron chi connectivity index (χ4n) is 2.98. The monoisotopic (exact) mass is 298 g/mol. The first kappa shape index (κ1) is 18.4. The number of esters is 1. The van der Waals surface area contributed by atoms with Crippen molar-refractivity contribution in [2.45, 2.75) is 64.8 Å². The maximum Gasteiger partial charge on any atom is 0.326 e. The Morgan fingerprint density at radius 1 is 1.33 bits per heavy atom. The van der Waals surface area contributed by atoms with Crippen LogP contribution in [0.5, 0.6) is 0 Å². The fourth-order valence-corrected chi connectivity index (χ4v) is 2.98. The van der Waals surface area contributed by atoms with E-state index in [1.807, 2.05) is 20.9 Å². The molecule has 0 aromatic rings. The molecule has 1 heterocycles. The van der Waals surface area contributed by atoms with Gasteiger partial charge in [-0.2, -0.15) is 0 Å². The standard InChI is InChI=1S/C17H34N2O2/c1-5-21-16(20)17(3,18-4)11-6-7-12-19-13-8-9-15(2)10-14-19/h15,18H,5-14H2,1-4H3. The summed E-state index contributed by atoms with van der Waals surface area (Å²) >= 11 is 0. The Morgan fingerprint density at radius 2 is 2.10 bits per heavy atom. The van der Waals surface area contributed by atoms with Gasteiger partial charge >= 0.3 is 5.97 Å². The molecule has 0 aromatic heterocycles. The van der Waals surface area contributed by atoms with Crippen LogP contribution in [0.1, 0.15) is 59.3 Å². The maximum atomic E-state index is 12.0. The molecular formula is C17H34N2O2. The van der Waals surface area contributed by atoms with Gasteiger partial charge < -0.3 is 15.0 Å². The molecule has 0 bridgehead atoms. The minimum absolute atomic E-state index is 0.129. The summed E-state index contributed by atoms with van der Waals surface area (Å²) in [5.41, 5.74) is -0.538. The summed E-state index contributed by atoms with van der Waals surface area (Å²) in [5.74, 6) is 0.752. The first-order valence-corrected chi connectivity index (χ1v) is 8.60. The topological polar surface area (TPSA) is 41.6 Å². The van der Waals surface area contributed by atoms with Gasteiger partial charge in [0.1, 0.15) is 5.54 Å². The molecule has 4 heteroatoms. The molecule has 1 saturated heterocycles. The molecular weight excluding hydrogens is 264 g/mol. The van der Waals surface area contributed by atoms with E-state index in [0.717, 1.165) is 31.7 Å². The fraction of sp³-hybridized carbons (Fsp3) is 0.941. The van der Waals surface area contributed by atoms with E-state index in [9.17, 15) is 4.79 Å². The van der Waals surface area contributed by atoms with Crippen LogP contribution in [0.25, 0.3) is 0 Å². The Bertz CT molecular complexity index is 309. The van der Waals surface area contributed by atoms with Crippen molar-refractivity contribution in [3.63, 3.8) is 0 Å². The van der Waals surface area contributed by atoms with Crippen molar-refractivity contribution in [2.75, 3.05) is 33.3 Å². The molecule has 1 aliphatic rings. The number of carbonyl (C=O) groups excluding carboxylic acids is 1. The highest BCUT2D eigenvalue weighted by atomic mass is 16.5. The number of hydrogen-bond acceptors (Lipinski definition) is 4. The molecule has 1 N–H and O–H groups in total. The van der Waals surface area contributed by atoms with Crippen LogP contribution in [0.3, 0.4) is 0 Å². The summed E-state index contributed by atoms with van der Waals surface area (Å²) in [6, 6.07) is 0. The van der Waals surface area contributed by atoms with Crippen molar-refractivity contribution >= 4 is 5.97 Å². The third-order valence-corrected chi connectivity index (χ3v) is 4.79. The summed E-state index contributed by atoms with van der Waals surface area (Å²) in [5, 5.41) is 3.13. The molecule has 1 aliphatic heterocycles. The van der Waals surface area contributed by atoms with Gasteiger partial charge in [0.25, 0.3) is 0 Å². The molecule has 0 spiro atoms. The highest BCUT2D eigenvalue weighted by molar-refractivity contribution is 5.80. The third kappa shape index (κ3) is 6.35. The van der Waals surface area contributed by atoms with E-state index < -0.39 is 5.54 Å². The van der Waals surface area contributed by atoms with Gasteiger partial charge in [0.05, 0.1) is 6.61 Å². The van der Waals surface area contributed by atoms with Gasteiger partial charge in [-0.25, -0.2) is 0 Å². The van der Waals surface area contributed by atoms with Gasteiger partial charge in [0, 0.05) is 0 Å². The Morgan fingerprint density at radius 3 is 2.76 bits per heavy atom. The zero-order chi connectivity index (χ0) is 15.7. The number of likely N-dealkylation sites (N-methyl/N-ethyl adjacent to an activating group) is 1. The molecule has 0 saturated carbocycles. The first-order valence-electron chi connectivity index (χ1n) is 8.60. The van der Waals surface area contributed by atoms with Gasteiger partial charge in [-0.1, -0.05) is 6.92 Å². The van der Waals surface area contributed by atoms with Gasteiger partial charge in [0.15, 0.2) is 0 Å². The molecule has 2 atom stereocenters. The molecule has 1 rings (SSSR count). The number of ether oxygens (including phenoxy) is 1. The van der Waals surface area contributed by atoms with Gasteiger partial charge in [-0.3, -0.25) is 4.79 Å². The van der Waals surface area contributed by atoms with Crippen LogP contribution in [0.2, 0.25) is 0 Å². The van der Waals surface area contributed by atoms with Gasteiger partial charge in [0.2, 0.25) is 0 Å². The van der Waals surface area contributed by atoms with Crippen molar-refractivity contribution in [1.29, 1.82) is 0 Å². The lowest BCUT2D eigenvalue weighted by Gasteiger charge is -2.27. The Kier molecular flexibility index (Phi) is 8.27. The molecule has 1 fully saturated rings. The predicted octanol–water partition coefficient (Wildman–Crippen LogP) is 2.82. The highest BCUT2D eigenvalue weighted by Gasteiger charge is 2.32. The van der Waals surface area contributed by atoms with Crippen LogP contribution in [0, 0.1) is 5.92 Å². The zero-order valence-corrected chi connectivity index (χ0v) is 14.4. The largest absolute Gasteiger partial charge is 0.465 e. The Hall–Kier alpha value is -0.610. The second kappa shape index (κ2) is 9.42. The van der Waals surface area contributed by atoms with Crippen LogP contribution in [0.4, 0.5) is 0 Å². The number of unbranched alkanes of at least 4 members (excludes halogenated alkanes) is 1. The molecule has 0 aromatic carbocycles. The lowest BCUT2D eigenvalue weighted by molar-refractivity contribution is -0.150. The van der Waals surface area contributed by atoms with Crippen LogP contribution < -0.4 is 5.32 Å². The lowest BCUT2D eigenvalue weighted by atomic mass is 9.95. The zero-order valence-electron chi connectivity index (χ0n) is 14.4. The number of likely N-dealkylation sites (tertiary alicyclic amines) is 1. The van der Waals surface area contributed by atoms with E-state index in [4.69, 9.17) is 4.74 Å². The van der Waals surface area contributed by atoms with E-state index in [2.05, 4.69) is 17.1 Å². The van der Waals surface area contributed by atoms with E-state index in [0.29, 0.717) is 6.61 Å². The molecule has 4 nitrogen and oxygen atoms in total. The highest BCUT2D eigenvalue weighted by Crippen LogP contribution is 2.19. The van der Waals surface area contributed by atoms with Crippen LogP contribution in [-0.4, -0.2) is 49.7 Å². The minimum atomic E-state index is -0.538. The number of nitrogens with zero attached hydrogens (tertiary/aromatic N) is 1. The number of hydrogen-bond donors (Lipinski definition) is 1. The summed E-state index contributed by atoms with van der Waals surface area (Å²) in [6.45, 7) is 10.2. The second-order valence-corrected chi connectivity index (χ2v) is 6.64. The van der Waals surface area contributed by atoms with Crippen LogP contribution in [0.15, 0.2) is 0 Å². The molecule has 0 aliphatic carbocycles. The van der Waals surface area contributed by atoms with E-state index >= 15 is 0 Å². The van der Waals surface area contributed by atoms with Gasteiger partial charge in [-0.15, -0.1) is 0 Å². The third-order valence-electron chi connectivity index (χ3n) is 4.79. The van der Waals surface area contributed by atoms with E-state index in [-0.39, 0.29) is 5.97 Å². The Balaban J connectivity index is 2.26. The average Bonchev–Trinajstić information content (AvgIpc) is 2.68. The SMILES string of the molecule is CCOC(=O)C(C)(CCCCN1CCCC(C)CC1)NC. The molecule has 0 amide bonds. The van der Waals surface area contributed by atoms with E-state index in [1.165, 1.54) is 32.4 Å². The minimum Gasteiger partial charge on any atom is -0.465 e. The maximum absolute atomic E-state index is 12.0. The summed E-state index contributed by atoms with van der Waals surface area (Å²) in [4.78, 5) is 14.6. The normalized spacial score (nSPS) is 23.3. The number of nitrogens with one attached hydrogen (secondary N) is 1. The summed E-state index contributed by atoms with van der Waals surface area (Å²) in [6.07, 6.45) is 7.09. The molecule has 2 unspecified atom stereocenters. The van der Waals surface area contributed by atoms with Crippen LogP contribution in [-0.2, 0) is 9.53 Å². The lowest BCUT2D eigenvalue weighted by Crippen LogP contribution is -2.48. The number of rotatable bonds is 8. The average molecular weight is 298 g/mol. The van der Waals surface area contributed by atoms with Crippen LogP contribution >= 0.6 is 0 Å². The van der Waals surface area contributed by atoms with E-state index in [1.54, 1.807) is 0 Å². The van der Waals surface area contributed by atoms with Crippen molar-refractivity contribution in [3.05, 3.63) is 0 Å². The molecule has 21 heavy (non-hydrogen) atoms. The quantitative estimate of drug-likeness (QED) is 0.553. The summed E-state index contributed by atoms with van der Waals surface area (Å²) < 4.78 is 5.16. The van der Waals surface area contributed by atoms with Crippen molar-refractivity contribution in [2.24, 2.45) is 5.92 Å². The summed E-state index contributed by atoms with van der Waals surface area (Å²) in [7, 11) is 1.84. The van der Waals surface area contributed by atoms with Gasteiger partial charge in [-0.05, 0) is 85.0 Å². The van der Waals surface area contributed by atoms with Crippen molar-refractivity contribution in [3.8, 4) is 0 Å². The predicted molar refractivity (Wildman–Crippen MR) is 87.4 cm³/mol. The smallest absolute Gasteiger partial charge is 0.326 e. The number of carbonyl (C=O) groups is 1. The molecule has 0 radical (unpaired) electrons. The Labute approximate surface area is 130 Å². The first-order chi connectivity index (χ1) is 10.0. The molecule has 124 valence electrons. The van der Waals surface area contributed by atoms with Crippen molar-refractivity contribution in [1.82, 2.24) is 10.2 Å².